The van der Waals surface area contributed by atoms with Crippen LogP contribution in [-0.2, 0) is 28.5 Å². The van der Waals surface area contributed by atoms with Crippen molar-refractivity contribution in [2.24, 2.45) is 29.4 Å². The molecule has 4 saturated heterocycles. The summed E-state index contributed by atoms with van der Waals surface area (Å²) in [6, 6.07) is 0. The molecule has 0 aromatic carbocycles. The van der Waals surface area contributed by atoms with Gasteiger partial charge in [-0.2, -0.15) is 0 Å². The Morgan fingerprint density at radius 3 is 2.63 bits per heavy atom. The molecule has 2 saturated carbocycles. The van der Waals surface area contributed by atoms with Crippen molar-refractivity contribution in [1.29, 1.82) is 0 Å². The first-order chi connectivity index (χ1) is 20.0. The summed E-state index contributed by atoms with van der Waals surface area (Å²) in [5.41, 5.74) is 6.96. The predicted molar refractivity (Wildman–Crippen MR) is 151 cm³/mol. The number of carbonyl (C=O) groups is 2. The third-order valence-corrected chi connectivity index (χ3v) is 11.1. The molecule has 0 radical (unpaired) electrons. The van der Waals surface area contributed by atoms with Crippen molar-refractivity contribution >= 4 is 11.8 Å². The van der Waals surface area contributed by atoms with Gasteiger partial charge in [-0.05, 0) is 82.5 Å². The second-order valence-electron chi connectivity index (χ2n) is 13.3. The van der Waals surface area contributed by atoms with Gasteiger partial charge in [0.2, 0.25) is 11.8 Å². The largest absolute Gasteiger partial charge is 0.379 e. The zero-order valence-electron chi connectivity index (χ0n) is 24.9. The molecule has 11 heteroatoms. The van der Waals surface area contributed by atoms with Gasteiger partial charge in [0.1, 0.15) is 6.79 Å². The Morgan fingerprint density at radius 2 is 1.80 bits per heavy atom. The lowest BCUT2D eigenvalue weighted by Gasteiger charge is -2.55. The summed E-state index contributed by atoms with van der Waals surface area (Å²) in [7, 11) is 3.53. The quantitative estimate of drug-likeness (QED) is 0.392. The number of ether oxygens (including phenoxy) is 4. The molecule has 4 heterocycles. The second kappa shape index (κ2) is 13.1. The Hall–Kier alpha value is -1.34. The van der Waals surface area contributed by atoms with Gasteiger partial charge in [-0.15, -0.1) is 0 Å². The molecule has 2 aliphatic carbocycles. The van der Waals surface area contributed by atoms with E-state index in [0.717, 1.165) is 77.3 Å². The fourth-order valence-electron chi connectivity index (χ4n) is 8.59. The molecule has 0 bridgehead atoms. The highest BCUT2D eigenvalue weighted by atomic mass is 16.7. The Bertz CT molecular complexity index is 926. The molecular weight excluding hydrogens is 526 g/mol. The second-order valence-corrected chi connectivity index (χ2v) is 13.3. The first-order valence-electron chi connectivity index (χ1n) is 16.1. The zero-order chi connectivity index (χ0) is 28.5. The molecule has 0 aromatic rings. The maximum atomic E-state index is 13.8. The molecule has 4 N–H and O–H groups in total. The van der Waals surface area contributed by atoms with Crippen LogP contribution in [0.2, 0.25) is 0 Å². The van der Waals surface area contributed by atoms with E-state index >= 15 is 0 Å². The van der Waals surface area contributed by atoms with Crippen LogP contribution >= 0.6 is 0 Å². The van der Waals surface area contributed by atoms with Gasteiger partial charge in [0.05, 0.1) is 54.7 Å². The van der Waals surface area contributed by atoms with Crippen molar-refractivity contribution in [2.75, 3.05) is 40.6 Å². The van der Waals surface area contributed by atoms with Crippen LogP contribution in [0.15, 0.2) is 0 Å². The monoisotopic (exact) mass is 577 g/mol. The third-order valence-electron chi connectivity index (χ3n) is 11.1. The minimum absolute atomic E-state index is 0.0275. The van der Waals surface area contributed by atoms with Crippen molar-refractivity contribution in [3.05, 3.63) is 0 Å². The maximum Gasteiger partial charge on any atom is 0.229 e. The van der Waals surface area contributed by atoms with E-state index in [1.165, 1.54) is 0 Å². The van der Waals surface area contributed by atoms with Crippen LogP contribution in [-0.4, -0.2) is 105 Å². The number of amides is 2. The van der Waals surface area contributed by atoms with Crippen LogP contribution in [0.4, 0.5) is 0 Å². The molecule has 6 rings (SSSR count). The van der Waals surface area contributed by atoms with Crippen LogP contribution in [0.1, 0.15) is 70.6 Å². The number of carbonyl (C=O) groups excluding carboxylic acids is 2. The number of methoxy groups -OCH3 is 2. The Balaban J connectivity index is 1.13. The average Bonchev–Trinajstić information content (AvgIpc) is 3.47. The van der Waals surface area contributed by atoms with E-state index < -0.39 is 12.1 Å². The number of fused-ring (bicyclic) bond motifs is 3. The van der Waals surface area contributed by atoms with Gasteiger partial charge in [-0.3, -0.25) is 19.8 Å². The van der Waals surface area contributed by atoms with E-state index in [4.69, 9.17) is 24.7 Å². The van der Waals surface area contributed by atoms with Gasteiger partial charge in [0.15, 0.2) is 0 Å². The van der Waals surface area contributed by atoms with Crippen molar-refractivity contribution in [1.82, 2.24) is 20.4 Å². The minimum Gasteiger partial charge on any atom is -0.379 e. The number of hydrogen-bond donors (Lipinski definition) is 3. The highest BCUT2D eigenvalue weighted by Gasteiger charge is 2.52. The van der Waals surface area contributed by atoms with Crippen molar-refractivity contribution in [2.45, 2.75) is 114 Å². The Morgan fingerprint density at radius 1 is 1.00 bits per heavy atom. The number of likely N-dealkylation sites (tertiary alicyclic amines) is 1. The van der Waals surface area contributed by atoms with Crippen molar-refractivity contribution in [3.8, 4) is 0 Å². The third kappa shape index (κ3) is 6.18. The fourth-order valence-corrected chi connectivity index (χ4v) is 8.59. The number of rotatable bonds is 8. The van der Waals surface area contributed by atoms with Gasteiger partial charge in [0.25, 0.3) is 0 Å². The number of nitrogens with zero attached hydrogens (tertiary/aromatic N) is 2. The molecule has 2 amide bonds. The molecule has 41 heavy (non-hydrogen) atoms. The van der Waals surface area contributed by atoms with E-state index in [1.807, 2.05) is 4.90 Å². The topological polar surface area (TPSA) is 128 Å². The lowest BCUT2D eigenvalue weighted by atomic mass is 9.79. The number of piperidine rings is 2. The summed E-state index contributed by atoms with van der Waals surface area (Å²) in [6.07, 6.45) is 10.6. The van der Waals surface area contributed by atoms with E-state index in [2.05, 4.69) is 15.5 Å². The van der Waals surface area contributed by atoms with Gasteiger partial charge in [-0.25, -0.2) is 0 Å². The molecule has 6 fully saturated rings. The molecule has 232 valence electrons. The minimum atomic E-state index is -0.442. The molecule has 6 aliphatic rings. The SMILES string of the molecule is COC1CCC(CCN2C(N)C(C(=O)NCC3CCC4OCOC4C3)CC3C(=O)N4CCCCC4NC32)CC1OC. The van der Waals surface area contributed by atoms with Gasteiger partial charge >= 0.3 is 0 Å². The smallest absolute Gasteiger partial charge is 0.229 e. The summed E-state index contributed by atoms with van der Waals surface area (Å²) in [5, 5.41) is 7.04. The first kappa shape index (κ1) is 29.7. The molecule has 0 aromatic heterocycles. The molecule has 11 nitrogen and oxygen atoms in total. The molecule has 11 unspecified atom stereocenters. The number of nitrogens with two attached hydrogens (primary N) is 1. The van der Waals surface area contributed by atoms with Crippen LogP contribution in [0.5, 0.6) is 0 Å². The maximum absolute atomic E-state index is 13.8. The van der Waals surface area contributed by atoms with E-state index in [1.54, 1.807) is 14.2 Å². The lowest BCUT2D eigenvalue weighted by molar-refractivity contribution is -0.163. The van der Waals surface area contributed by atoms with Crippen LogP contribution in [0.3, 0.4) is 0 Å². The summed E-state index contributed by atoms with van der Waals surface area (Å²) >= 11 is 0. The fraction of sp³-hybridized carbons (Fsp3) is 0.933. The van der Waals surface area contributed by atoms with Crippen molar-refractivity contribution < 1.29 is 28.5 Å². The summed E-state index contributed by atoms with van der Waals surface area (Å²) in [6.45, 7) is 2.54. The summed E-state index contributed by atoms with van der Waals surface area (Å²) in [4.78, 5) is 31.8. The summed E-state index contributed by atoms with van der Waals surface area (Å²) in [5.74, 6) is 0.324. The molecule has 4 aliphatic heterocycles. The zero-order valence-corrected chi connectivity index (χ0v) is 24.9. The van der Waals surface area contributed by atoms with Crippen LogP contribution in [0, 0.1) is 23.7 Å². The van der Waals surface area contributed by atoms with E-state index in [0.29, 0.717) is 31.6 Å². The van der Waals surface area contributed by atoms with Crippen LogP contribution < -0.4 is 16.4 Å². The summed E-state index contributed by atoms with van der Waals surface area (Å²) < 4.78 is 22.8. The average molecular weight is 578 g/mol. The first-order valence-corrected chi connectivity index (χ1v) is 16.1. The number of hydrogen-bond acceptors (Lipinski definition) is 9. The highest BCUT2D eigenvalue weighted by molar-refractivity contribution is 5.84. The predicted octanol–water partition coefficient (Wildman–Crippen LogP) is 1.36. The van der Waals surface area contributed by atoms with Crippen molar-refractivity contribution in [3.63, 3.8) is 0 Å². The Kier molecular flexibility index (Phi) is 9.51. The molecule has 11 atom stereocenters. The Labute approximate surface area is 244 Å². The highest BCUT2D eigenvalue weighted by Crippen LogP contribution is 2.38. The van der Waals surface area contributed by atoms with E-state index in [9.17, 15) is 9.59 Å². The van der Waals surface area contributed by atoms with Gasteiger partial charge in [-0.1, -0.05) is 0 Å². The normalized spacial score (nSPS) is 43.2. The molecule has 0 spiro atoms. The van der Waals surface area contributed by atoms with E-state index in [-0.39, 0.29) is 54.5 Å². The standard InChI is InChI=1S/C30H51N5O6/c1-38-22-8-6-18(13-24(22)39-2)10-12-35-27(31)20(15-21-28(35)33-26-5-3-4-11-34(26)30(21)37)29(36)32-16-19-7-9-23-25(14-19)41-17-40-23/h18-28,33H,3-17,31H2,1-2H3,(H,32,36). The van der Waals surface area contributed by atoms with Gasteiger partial charge in [0, 0.05) is 33.9 Å². The molecular formula is C30H51N5O6. The lowest BCUT2D eigenvalue weighted by Crippen LogP contribution is -2.74. The van der Waals surface area contributed by atoms with Gasteiger partial charge < -0.3 is 34.9 Å². The number of nitrogens with one attached hydrogen (secondary N) is 2. The van der Waals surface area contributed by atoms with Crippen LogP contribution in [0.25, 0.3) is 0 Å².